The van der Waals surface area contributed by atoms with E-state index in [1.54, 1.807) is 19.1 Å². The number of carbonyl (C=O) groups excluding carboxylic acids is 4. The molecule has 0 radical (unpaired) electrons. The van der Waals surface area contributed by atoms with E-state index in [-0.39, 0.29) is 50.4 Å². The number of nitrogens with one attached hydrogen (secondary N) is 3. The lowest BCUT2D eigenvalue weighted by atomic mass is 9.96. The van der Waals surface area contributed by atoms with E-state index < -0.39 is 30.0 Å². The van der Waals surface area contributed by atoms with Gasteiger partial charge < -0.3 is 30.5 Å². The molecule has 0 saturated carbocycles. The highest BCUT2D eigenvalue weighted by Crippen LogP contribution is 2.16. The number of carbonyl (C=O) groups is 4. The highest BCUT2D eigenvalue weighted by Gasteiger charge is 2.26. The van der Waals surface area contributed by atoms with Crippen LogP contribution < -0.4 is 16.0 Å². The van der Waals surface area contributed by atoms with Gasteiger partial charge in [-0.05, 0) is 56.6 Å². The molecule has 0 aliphatic rings. The summed E-state index contributed by atoms with van der Waals surface area (Å²) in [6.07, 6.45) is 5.57. The fraction of sp³-hybridized carbons (Fsp3) is 0.444. The molecular weight excluding hydrogens is 586 g/mol. The van der Waals surface area contributed by atoms with E-state index in [1.165, 1.54) is 0 Å². The summed E-state index contributed by atoms with van der Waals surface area (Å²) in [5, 5.41) is 17.6. The zero-order chi connectivity index (χ0) is 33.6. The first-order valence-corrected chi connectivity index (χ1v) is 15.8. The number of unbranched alkanes of at least 4 members (excludes halogenated alkanes) is 1. The number of hydrogen-bond acceptors (Lipinski definition) is 7. The third kappa shape index (κ3) is 15.5. The monoisotopic (exact) mass is 635 g/mol. The summed E-state index contributed by atoms with van der Waals surface area (Å²) in [5.41, 5.74) is 1.90. The van der Waals surface area contributed by atoms with Gasteiger partial charge in [0, 0.05) is 19.0 Å². The molecule has 0 aliphatic carbocycles. The Morgan fingerprint density at radius 3 is 2.11 bits per heavy atom. The molecule has 4 atom stereocenters. The van der Waals surface area contributed by atoms with Gasteiger partial charge in [-0.1, -0.05) is 72.8 Å². The Morgan fingerprint density at radius 2 is 1.48 bits per heavy atom. The Balaban J connectivity index is 1.98. The molecule has 10 nitrogen and oxygen atoms in total. The van der Waals surface area contributed by atoms with Crippen molar-refractivity contribution in [2.24, 2.45) is 11.8 Å². The predicted molar refractivity (Wildman–Crippen MR) is 177 cm³/mol. The first kappa shape index (κ1) is 37.7. The summed E-state index contributed by atoms with van der Waals surface area (Å²) in [5.74, 6) is -2.21. The lowest BCUT2D eigenvalue weighted by molar-refractivity contribution is -0.150. The number of ether oxygens (including phenoxy) is 2. The summed E-state index contributed by atoms with van der Waals surface area (Å²) < 4.78 is 11.0. The van der Waals surface area contributed by atoms with E-state index in [2.05, 4.69) is 29.1 Å². The van der Waals surface area contributed by atoms with Crippen LogP contribution in [0.5, 0.6) is 0 Å². The molecule has 0 spiro atoms. The average molecular weight is 636 g/mol. The minimum absolute atomic E-state index is 0.0475. The van der Waals surface area contributed by atoms with Gasteiger partial charge in [-0.25, -0.2) is 4.79 Å². The topological polar surface area (TPSA) is 143 Å². The zero-order valence-corrected chi connectivity index (χ0v) is 26.8. The Labute approximate surface area is 272 Å². The fourth-order valence-electron chi connectivity index (χ4n) is 4.75. The van der Waals surface area contributed by atoms with Crippen LogP contribution in [0.2, 0.25) is 0 Å². The van der Waals surface area contributed by atoms with Crippen molar-refractivity contribution in [2.75, 3.05) is 19.8 Å². The second-order valence-corrected chi connectivity index (χ2v) is 11.3. The molecule has 0 aromatic heterocycles. The molecule has 2 aromatic rings. The van der Waals surface area contributed by atoms with Crippen LogP contribution in [0.4, 0.5) is 4.79 Å². The first-order valence-electron chi connectivity index (χ1n) is 15.8. The Hall–Kier alpha value is -4.44. The summed E-state index contributed by atoms with van der Waals surface area (Å²) in [6, 6.07) is 18.1. The molecular formula is C36H49N3O7. The lowest BCUT2D eigenvalue weighted by Crippen LogP contribution is -2.44. The molecule has 3 amide bonds. The maximum absolute atomic E-state index is 13.3. The van der Waals surface area contributed by atoms with Crippen molar-refractivity contribution in [3.8, 4) is 0 Å². The maximum atomic E-state index is 13.3. The van der Waals surface area contributed by atoms with Crippen LogP contribution in [0, 0.1) is 11.8 Å². The molecule has 0 aliphatic heterocycles. The Bertz CT molecular complexity index is 1220. The number of rotatable bonds is 22. The number of amides is 3. The SMILES string of the molecule is C=CC[C@@H](CC(=O)N[C@H](C)CO)C(=O)N[C@@H](CCCCNC(=O)OCc1ccccc1)COC(=O)[C@H](CC=C)Cc1ccccc1. The molecule has 0 bridgehead atoms. The normalized spacial score (nSPS) is 13.3. The maximum Gasteiger partial charge on any atom is 0.407 e. The molecule has 4 N–H and O–H groups in total. The van der Waals surface area contributed by atoms with Gasteiger partial charge in [-0.3, -0.25) is 14.4 Å². The summed E-state index contributed by atoms with van der Waals surface area (Å²) in [6.45, 7) is 9.45. The average Bonchev–Trinajstić information content (AvgIpc) is 3.06. The largest absolute Gasteiger partial charge is 0.463 e. The van der Waals surface area contributed by atoms with Crippen molar-refractivity contribution in [1.29, 1.82) is 0 Å². The quantitative estimate of drug-likeness (QED) is 0.0840. The van der Waals surface area contributed by atoms with Gasteiger partial charge in [-0.2, -0.15) is 0 Å². The van der Waals surface area contributed by atoms with Crippen LogP contribution in [0.3, 0.4) is 0 Å². The van der Waals surface area contributed by atoms with Crippen LogP contribution in [0.25, 0.3) is 0 Å². The number of aliphatic hydroxyl groups is 1. The van der Waals surface area contributed by atoms with Crippen LogP contribution in [-0.4, -0.2) is 60.8 Å². The number of hydrogen-bond donors (Lipinski definition) is 4. The Kier molecular flexibility index (Phi) is 18.2. The van der Waals surface area contributed by atoms with Crippen molar-refractivity contribution < 1.29 is 33.8 Å². The van der Waals surface area contributed by atoms with Gasteiger partial charge in [0.1, 0.15) is 13.2 Å². The van der Waals surface area contributed by atoms with E-state index in [9.17, 15) is 24.3 Å². The van der Waals surface area contributed by atoms with E-state index in [1.807, 2.05) is 60.7 Å². The summed E-state index contributed by atoms with van der Waals surface area (Å²) in [4.78, 5) is 51.0. The van der Waals surface area contributed by atoms with Gasteiger partial charge >= 0.3 is 12.1 Å². The predicted octanol–water partition coefficient (Wildman–Crippen LogP) is 4.63. The lowest BCUT2D eigenvalue weighted by Gasteiger charge is -2.24. The zero-order valence-electron chi connectivity index (χ0n) is 26.8. The van der Waals surface area contributed by atoms with Gasteiger partial charge in [0.25, 0.3) is 0 Å². The smallest absolute Gasteiger partial charge is 0.407 e. The molecule has 250 valence electrons. The highest BCUT2D eigenvalue weighted by atomic mass is 16.5. The third-order valence-electron chi connectivity index (χ3n) is 7.28. The van der Waals surface area contributed by atoms with Gasteiger partial charge in [0.2, 0.25) is 11.8 Å². The summed E-state index contributed by atoms with van der Waals surface area (Å²) in [7, 11) is 0. The van der Waals surface area contributed by atoms with Gasteiger partial charge in [0.15, 0.2) is 0 Å². The number of allylic oxidation sites excluding steroid dienone is 2. The van der Waals surface area contributed by atoms with E-state index in [0.717, 1.165) is 11.1 Å². The van der Waals surface area contributed by atoms with Crippen molar-refractivity contribution >= 4 is 23.9 Å². The van der Waals surface area contributed by atoms with Crippen LogP contribution >= 0.6 is 0 Å². The summed E-state index contributed by atoms with van der Waals surface area (Å²) >= 11 is 0. The number of benzene rings is 2. The molecule has 2 rings (SSSR count). The fourth-order valence-corrected chi connectivity index (χ4v) is 4.75. The standard InChI is InChI=1S/C36H49N3O7/c1-4-14-30(23-33(41)38-27(3)24-40)34(42)39-32(20-12-13-21-37-36(44)46-25-29-18-10-7-11-19-29)26-45-35(43)31(15-5-2)22-28-16-8-6-9-17-28/h4-11,16-19,27,30-32,40H,1-2,12-15,20-26H2,3H3,(H,37,44)(H,38,41)(H,39,42)/t27-,30+,31-,32+/m1/s1. The molecule has 2 aromatic carbocycles. The highest BCUT2D eigenvalue weighted by molar-refractivity contribution is 5.86. The van der Waals surface area contributed by atoms with Crippen LogP contribution in [-0.2, 0) is 36.9 Å². The number of alkyl carbamates (subject to hydrolysis) is 1. The number of aliphatic hydroxyl groups excluding tert-OH is 1. The van der Waals surface area contributed by atoms with Crippen molar-refractivity contribution in [1.82, 2.24) is 16.0 Å². The van der Waals surface area contributed by atoms with Gasteiger partial charge in [-0.15, -0.1) is 13.2 Å². The van der Waals surface area contributed by atoms with Crippen molar-refractivity contribution in [3.63, 3.8) is 0 Å². The van der Waals surface area contributed by atoms with Gasteiger partial charge in [0.05, 0.1) is 24.5 Å². The Morgan fingerprint density at radius 1 is 0.848 bits per heavy atom. The van der Waals surface area contributed by atoms with Crippen molar-refractivity contribution in [2.45, 2.75) is 70.6 Å². The first-order chi connectivity index (χ1) is 22.2. The third-order valence-corrected chi connectivity index (χ3v) is 7.28. The minimum Gasteiger partial charge on any atom is -0.463 e. The molecule has 0 heterocycles. The van der Waals surface area contributed by atoms with Crippen LogP contribution in [0.15, 0.2) is 86.0 Å². The van der Waals surface area contributed by atoms with E-state index in [4.69, 9.17) is 9.47 Å². The second kappa shape index (κ2) is 22.1. The molecule has 10 heteroatoms. The van der Waals surface area contributed by atoms with Crippen molar-refractivity contribution in [3.05, 3.63) is 97.1 Å². The number of esters is 1. The van der Waals surface area contributed by atoms with Crippen LogP contribution in [0.1, 0.15) is 56.6 Å². The second-order valence-electron chi connectivity index (χ2n) is 11.3. The molecule has 46 heavy (non-hydrogen) atoms. The molecule has 0 unspecified atom stereocenters. The van der Waals surface area contributed by atoms with E-state index in [0.29, 0.717) is 38.6 Å². The minimum atomic E-state index is -0.686. The van der Waals surface area contributed by atoms with E-state index >= 15 is 0 Å². The molecule has 0 fully saturated rings. The molecule has 0 saturated heterocycles.